The molecule has 0 N–H and O–H groups in total. The highest BCUT2D eigenvalue weighted by Crippen LogP contribution is 2.44. The predicted octanol–water partition coefficient (Wildman–Crippen LogP) is 5.86. The fourth-order valence-electron chi connectivity index (χ4n) is 2.86. The molecule has 0 heterocycles. The van der Waals surface area contributed by atoms with Crippen LogP contribution in [-0.2, 0) is 6.18 Å². The van der Waals surface area contributed by atoms with Crippen molar-refractivity contribution in [2.45, 2.75) is 6.18 Å². The van der Waals surface area contributed by atoms with Gasteiger partial charge in [-0.15, -0.1) is 0 Å². The van der Waals surface area contributed by atoms with Crippen LogP contribution >= 0.6 is 0 Å². The zero-order valence-corrected chi connectivity index (χ0v) is 14.2. The molecule has 3 aromatic rings. The molecule has 0 unspecified atom stereocenters. The van der Waals surface area contributed by atoms with Gasteiger partial charge in [-0.05, 0) is 35.9 Å². The van der Waals surface area contributed by atoms with Crippen LogP contribution in [0.4, 0.5) is 13.2 Å². The van der Waals surface area contributed by atoms with Crippen molar-refractivity contribution >= 4 is 0 Å². The van der Waals surface area contributed by atoms with E-state index < -0.39 is 11.7 Å². The Morgan fingerprint density at radius 3 is 2.15 bits per heavy atom. The number of para-hydroxylation sites is 1. The van der Waals surface area contributed by atoms with Gasteiger partial charge in [0, 0.05) is 16.7 Å². The molecule has 1 radical (unpaired) electrons. The van der Waals surface area contributed by atoms with E-state index in [0.29, 0.717) is 28.2 Å². The number of alkyl halides is 3. The summed E-state index contributed by atoms with van der Waals surface area (Å²) in [6.45, 7) is 0. The monoisotopic (exact) mass is 357 g/mol. The minimum Gasteiger partial charge on any atom is -0.497 e. The second-order valence-electron chi connectivity index (χ2n) is 5.57. The molecular formula is C21H16F3O2. The molecule has 5 heteroatoms. The lowest BCUT2D eigenvalue weighted by molar-refractivity contribution is -0.137. The van der Waals surface area contributed by atoms with Crippen LogP contribution in [0, 0.1) is 6.07 Å². The zero-order valence-electron chi connectivity index (χ0n) is 14.2. The number of methoxy groups -OCH3 is 2. The molecule has 0 saturated heterocycles. The Hall–Kier alpha value is -2.95. The Kier molecular flexibility index (Phi) is 4.89. The maximum Gasteiger partial charge on any atom is 0.417 e. The average Bonchev–Trinajstić information content (AvgIpc) is 2.66. The highest BCUT2D eigenvalue weighted by atomic mass is 19.4. The fourth-order valence-corrected chi connectivity index (χ4v) is 2.86. The number of rotatable bonds is 4. The van der Waals surface area contributed by atoms with E-state index in [-0.39, 0.29) is 5.56 Å². The first-order valence-electron chi connectivity index (χ1n) is 7.85. The number of halogens is 3. The maximum absolute atomic E-state index is 13.7. The molecule has 3 rings (SSSR count). The molecule has 0 amide bonds. The molecule has 0 spiro atoms. The number of ether oxygens (including phenoxy) is 2. The second-order valence-corrected chi connectivity index (χ2v) is 5.57. The van der Waals surface area contributed by atoms with Crippen LogP contribution in [-0.4, -0.2) is 14.2 Å². The molecule has 0 aliphatic carbocycles. The van der Waals surface area contributed by atoms with E-state index in [1.54, 1.807) is 48.5 Å². The smallest absolute Gasteiger partial charge is 0.417 e. The van der Waals surface area contributed by atoms with Crippen LogP contribution in [0.15, 0.2) is 60.7 Å². The van der Waals surface area contributed by atoms with Gasteiger partial charge in [0.05, 0.1) is 19.8 Å². The van der Waals surface area contributed by atoms with Crippen LogP contribution in [0.1, 0.15) is 5.56 Å². The molecule has 0 fully saturated rings. The van der Waals surface area contributed by atoms with Crippen LogP contribution in [0.2, 0.25) is 0 Å². The van der Waals surface area contributed by atoms with Gasteiger partial charge in [0.2, 0.25) is 0 Å². The predicted molar refractivity (Wildman–Crippen MR) is 94.3 cm³/mol. The molecule has 0 saturated carbocycles. The normalized spacial score (nSPS) is 11.3. The molecule has 2 nitrogen and oxygen atoms in total. The lowest BCUT2D eigenvalue weighted by Gasteiger charge is -2.19. The van der Waals surface area contributed by atoms with Crippen molar-refractivity contribution in [3.63, 3.8) is 0 Å². The molecule has 0 aromatic heterocycles. The van der Waals surface area contributed by atoms with Crippen molar-refractivity contribution in [3.8, 4) is 33.8 Å². The highest BCUT2D eigenvalue weighted by molar-refractivity contribution is 5.88. The van der Waals surface area contributed by atoms with Gasteiger partial charge in [-0.25, -0.2) is 0 Å². The summed E-state index contributed by atoms with van der Waals surface area (Å²) >= 11 is 0. The number of benzene rings is 3. The van der Waals surface area contributed by atoms with Crippen molar-refractivity contribution in [1.82, 2.24) is 0 Å². The summed E-state index contributed by atoms with van der Waals surface area (Å²) < 4.78 is 51.5. The Labute approximate surface area is 149 Å². The van der Waals surface area contributed by atoms with Crippen molar-refractivity contribution in [3.05, 3.63) is 72.3 Å². The Bertz CT molecular complexity index is 900. The Balaban J connectivity index is 2.31. The van der Waals surface area contributed by atoms with Gasteiger partial charge in [-0.3, -0.25) is 0 Å². The van der Waals surface area contributed by atoms with Crippen molar-refractivity contribution < 1.29 is 22.6 Å². The first-order valence-corrected chi connectivity index (χ1v) is 7.85. The maximum atomic E-state index is 13.7. The van der Waals surface area contributed by atoms with Crippen LogP contribution in [0.5, 0.6) is 11.5 Å². The summed E-state index contributed by atoms with van der Waals surface area (Å²) in [6, 6.07) is 18.7. The number of hydrogen-bond donors (Lipinski definition) is 0. The van der Waals surface area contributed by atoms with Crippen LogP contribution in [0.25, 0.3) is 22.3 Å². The van der Waals surface area contributed by atoms with Gasteiger partial charge >= 0.3 is 6.18 Å². The third kappa shape index (κ3) is 3.38. The minimum atomic E-state index is -4.50. The average molecular weight is 357 g/mol. The molecule has 0 bridgehead atoms. The van der Waals surface area contributed by atoms with Crippen LogP contribution in [0.3, 0.4) is 0 Å². The van der Waals surface area contributed by atoms with Gasteiger partial charge in [0.15, 0.2) is 0 Å². The fraction of sp³-hybridized carbons (Fsp3) is 0.143. The number of hydrogen-bond acceptors (Lipinski definition) is 2. The summed E-state index contributed by atoms with van der Waals surface area (Å²) in [6.07, 6.45) is -4.50. The lowest BCUT2D eigenvalue weighted by Crippen LogP contribution is -2.08. The molecular weight excluding hydrogens is 341 g/mol. The van der Waals surface area contributed by atoms with Gasteiger partial charge < -0.3 is 9.47 Å². The zero-order chi connectivity index (χ0) is 18.7. The molecule has 0 aliphatic rings. The topological polar surface area (TPSA) is 18.5 Å². The molecule has 26 heavy (non-hydrogen) atoms. The summed E-state index contributed by atoms with van der Waals surface area (Å²) in [7, 11) is 2.99. The quantitative estimate of drug-likeness (QED) is 0.582. The second kappa shape index (κ2) is 7.12. The van der Waals surface area contributed by atoms with Crippen molar-refractivity contribution in [2.24, 2.45) is 0 Å². The van der Waals surface area contributed by atoms with Gasteiger partial charge in [0.25, 0.3) is 0 Å². The van der Waals surface area contributed by atoms with Gasteiger partial charge in [0.1, 0.15) is 11.5 Å². The van der Waals surface area contributed by atoms with Gasteiger partial charge in [-0.1, -0.05) is 36.4 Å². The molecule has 0 atom stereocenters. The largest absolute Gasteiger partial charge is 0.497 e. The summed E-state index contributed by atoms with van der Waals surface area (Å²) in [4.78, 5) is 0. The van der Waals surface area contributed by atoms with Crippen molar-refractivity contribution in [1.29, 1.82) is 0 Å². The van der Waals surface area contributed by atoms with E-state index >= 15 is 0 Å². The molecule has 0 aliphatic heterocycles. The van der Waals surface area contributed by atoms with E-state index in [0.717, 1.165) is 6.07 Å². The molecule has 3 aromatic carbocycles. The first-order chi connectivity index (χ1) is 12.5. The van der Waals surface area contributed by atoms with Gasteiger partial charge in [-0.2, -0.15) is 13.2 Å². The highest BCUT2D eigenvalue weighted by Gasteiger charge is 2.35. The Morgan fingerprint density at radius 1 is 0.846 bits per heavy atom. The van der Waals surface area contributed by atoms with E-state index in [1.807, 2.05) is 0 Å². The first kappa shape index (κ1) is 17.9. The third-order valence-corrected chi connectivity index (χ3v) is 4.06. The minimum absolute atomic E-state index is 0.0622. The standard InChI is InChI=1S/C21H16F3O2/c1-25-15-12-10-14(11-13-15)20-17(7-5-8-18(20)21(22,23)24)16-6-3-4-9-19(16)26-2/h3-6,8-13H,1-2H3. The molecule has 133 valence electrons. The van der Waals surface area contributed by atoms with Crippen molar-refractivity contribution in [2.75, 3.05) is 14.2 Å². The van der Waals surface area contributed by atoms with Crippen LogP contribution < -0.4 is 9.47 Å². The third-order valence-electron chi connectivity index (χ3n) is 4.06. The summed E-state index contributed by atoms with van der Waals surface area (Å²) in [5, 5.41) is 0. The van der Waals surface area contributed by atoms with E-state index in [2.05, 4.69) is 6.07 Å². The lowest BCUT2D eigenvalue weighted by atomic mass is 9.90. The SMILES string of the molecule is COc1ccc(-c2c(-c3ccccc3OC)[c]ccc2C(F)(F)F)cc1. The summed E-state index contributed by atoms with van der Waals surface area (Å²) in [5.41, 5.74) is 0.653. The van der Waals surface area contributed by atoms with E-state index in [9.17, 15) is 13.2 Å². The van der Waals surface area contributed by atoms with E-state index in [4.69, 9.17) is 9.47 Å². The van der Waals surface area contributed by atoms with E-state index in [1.165, 1.54) is 20.3 Å². The Morgan fingerprint density at radius 2 is 1.54 bits per heavy atom. The summed E-state index contributed by atoms with van der Waals surface area (Å²) in [5.74, 6) is 1.05.